The first-order valence-corrected chi connectivity index (χ1v) is 7.85. The lowest BCUT2D eigenvalue weighted by Gasteiger charge is -2.20. The van der Waals surface area contributed by atoms with Crippen LogP contribution in [0.5, 0.6) is 0 Å². The molecule has 0 bridgehead atoms. The van der Waals surface area contributed by atoms with Gasteiger partial charge in [-0.15, -0.1) is 11.3 Å². The van der Waals surface area contributed by atoms with Crippen molar-refractivity contribution in [1.82, 2.24) is 10.2 Å². The molecule has 1 N–H and O–H groups in total. The number of thiophene rings is 1. The SMILES string of the molecule is C[C@]1(c2ccc(Cl)s2)NC(=O)N(Cc2cccc(F)c2F)C1=O. The summed E-state index contributed by atoms with van der Waals surface area (Å²) < 4.78 is 27.5. The van der Waals surface area contributed by atoms with Crippen molar-refractivity contribution < 1.29 is 18.4 Å². The fourth-order valence-electron chi connectivity index (χ4n) is 2.43. The molecule has 3 amide bonds. The molecule has 0 unspecified atom stereocenters. The molecule has 0 spiro atoms. The van der Waals surface area contributed by atoms with E-state index >= 15 is 0 Å². The smallest absolute Gasteiger partial charge is 0.319 e. The normalized spacial score (nSPS) is 21.0. The Balaban J connectivity index is 1.91. The van der Waals surface area contributed by atoms with Crippen molar-refractivity contribution in [3.05, 3.63) is 56.7 Å². The molecule has 3 rings (SSSR count). The summed E-state index contributed by atoms with van der Waals surface area (Å²) in [5.41, 5.74) is -1.33. The van der Waals surface area contributed by atoms with Gasteiger partial charge < -0.3 is 5.32 Å². The van der Waals surface area contributed by atoms with Crippen LogP contribution in [0.25, 0.3) is 0 Å². The number of rotatable bonds is 3. The Morgan fingerprint density at radius 1 is 1.26 bits per heavy atom. The van der Waals surface area contributed by atoms with Crippen LogP contribution >= 0.6 is 22.9 Å². The number of hydrogen-bond donors (Lipinski definition) is 1. The molecule has 1 aromatic carbocycles. The quantitative estimate of drug-likeness (QED) is 0.853. The molecule has 2 heterocycles. The number of nitrogens with zero attached hydrogens (tertiary/aromatic N) is 1. The third kappa shape index (κ3) is 2.60. The Bertz CT molecular complexity index is 811. The Morgan fingerprint density at radius 3 is 2.65 bits per heavy atom. The zero-order chi connectivity index (χ0) is 16.8. The third-order valence-corrected chi connectivity index (χ3v) is 5.15. The van der Waals surface area contributed by atoms with Crippen molar-refractivity contribution in [2.45, 2.75) is 19.0 Å². The van der Waals surface area contributed by atoms with Crippen LogP contribution in [-0.4, -0.2) is 16.8 Å². The molecule has 1 aliphatic heterocycles. The first-order valence-electron chi connectivity index (χ1n) is 6.66. The number of hydrogen-bond acceptors (Lipinski definition) is 3. The van der Waals surface area contributed by atoms with Gasteiger partial charge in [-0.3, -0.25) is 9.69 Å². The average molecular weight is 357 g/mol. The molecular formula is C15H11ClF2N2O2S. The number of urea groups is 1. The summed E-state index contributed by atoms with van der Waals surface area (Å²) in [5.74, 6) is -2.63. The van der Waals surface area contributed by atoms with Crippen molar-refractivity contribution >= 4 is 34.9 Å². The molecule has 8 heteroatoms. The zero-order valence-corrected chi connectivity index (χ0v) is 13.5. The minimum atomic E-state index is -1.27. The molecule has 0 aliphatic carbocycles. The Labute approximate surface area is 139 Å². The number of benzene rings is 1. The van der Waals surface area contributed by atoms with Crippen LogP contribution in [0.2, 0.25) is 4.34 Å². The highest BCUT2D eigenvalue weighted by Gasteiger charge is 2.49. The highest BCUT2D eigenvalue weighted by atomic mass is 35.5. The molecule has 120 valence electrons. The molecule has 1 aromatic heterocycles. The second-order valence-corrected chi connectivity index (χ2v) is 6.98. The molecule has 1 fully saturated rings. The van der Waals surface area contributed by atoms with Crippen LogP contribution in [0.1, 0.15) is 17.4 Å². The molecule has 0 saturated carbocycles. The highest BCUT2D eigenvalue weighted by molar-refractivity contribution is 7.16. The predicted octanol–water partition coefficient (Wildman–Crippen LogP) is 3.65. The van der Waals surface area contributed by atoms with Crippen LogP contribution in [-0.2, 0) is 16.9 Å². The summed E-state index contributed by atoms with van der Waals surface area (Å²) in [6.07, 6.45) is 0. The number of nitrogens with one attached hydrogen (secondary N) is 1. The zero-order valence-electron chi connectivity index (χ0n) is 11.9. The molecule has 1 saturated heterocycles. The van der Waals surface area contributed by atoms with Gasteiger partial charge in [0.2, 0.25) is 0 Å². The van der Waals surface area contributed by atoms with Crippen LogP contribution in [0.3, 0.4) is 0 Å². The van der Waals surface area contributed by atoms with E-state index in [9.17, 15) is 18.4 Å². The van der Waals surface area contributed by atoms with Gasteiger partial charge >= 0.3 is 6.03 Å². The minimum absolute atomic E-state index is 0.0676. The average Bonchev–Trinajstić information content (AvgIpc) is 3.02. The van der Waals surface area contributed by atoms with Crippen molar-refractivity contribution in [2.75, 3.05) is 0 Å². The van der Waals surface area contributed by atoms with Crippen LogP contribution in [0, 0.1) is 11.6 Å². The molecule has 1 atom stereocenters. The predicted molar refractivity (Wildman–Crippen MR) is 82.1 cm³/mol. The Morgan fingerprint density at radius 2 is 2.00 bits per heavy atom. The van der Waals surface area contributed by atoms with E-state index in [4.69, 9.17) is 11.6 Å². The van der Waals surface area contributed by atoms with E-state index < -0.39 is 29.1 Å². The van der Waals surface area contributed by atoms with E-state index in [0.717, 1.165) is 11.0 Å². The number of halogens is 3. The summed E-state index contributed by atoms with van der Waals surface area (Å²) >= 11 is 7.05. The Hall–Kier alpha value is -1.99. The fraction of sp³-hybridized carbons (Fsp3) is 0.200. The lowest BCUT2D eigenvalue weighted by atomic mass is 10.0. The first-order chi connectivity index (χ1) is 10.8. The maximum atomic E-state index is 13.8. The molecule has 1 aliphatic rings. The highest BCUT2D eigenvalue weighted by Crippen LogP contribution is 2.36. The van der Waals surface area contributed by atoms with Gasteiger partial charge in [-0.05, 0) is 25.1 Å². The minimum Gasteiger partial charge on any atom is -0.319 e. The molecule has 0 radical (unpaired) electrons. The fourth-order valence-corrected chi connectivity index (χ4v) is 3.57. The first kappa shape index (κ1) is 15.9. The molecular weight excluding hydrogens is 346 g/mol. The summed E-state index contributed by atoms with van der Waals surface area (Å²) in [6, 6.07) is 6.24. The number of carbonyl (C=O) groups excluding carboxylic acids is 2. The monoisotopic (exact) mass is 356 g/mol. The topological polar surface area (TPSA) is 49.4 Å². The van der Waals surface area contributed by atoms with Gasteiger partial charge in [0.15, 0.2) is 17.2 Å². The maximum absolute atomic E-state index is 13.8. The molecule has 4 nitrogen and oxygen atoms in total. The second-order valence-electron chi connectivity index (χ2n) is 5.26. The number of amides is 3. The van der Waals surface area contributed by atoms with Crippen molar-refractivity contribution in [3.63, 3.8) is 0 Å². The van der Waals surface area contributed by atoms with Crippen molar-refractivity contribution in [3.8, 4) is 0 Å². The Kier molecular flexibility index (Phi) is 3.85. The van der Waals surface area contributed by atoms with Gasteiger partial charge in [0.05, 0.1) is 10.9 Å². The second kappa shape index (κ2) is 5.58. The molecule has 23 heavy (non-hydrogen) atoms. The standard InChI is InChI=1S/C15H11ClF2N2O2S/c1-15(10-5-6-11(16)23-10)13(21)20(14(22)19-15)7-8-3-2-4-9(17)12(8)18/h2-6H,7H2,1H3,(H,19,22)/t15-/m1/s1. The van der Waals surface area contributed by atoms with Gasteiger partial charge in [0.1, 0.15) is 0 Å². The van der Waals surface area contributed by atoms with Gasteiger partial charge in [-0.1, -0.05) is 23.7 Å². The largest absolute Gasteiger partial charge is 0.325 e. The van der Waals surface area contributed by atoms with Gasteiger partial charge in [-0.25, -0.2) is 13.6 Å². The van der Waals surface area contributed by atoms with E-state index in [1.165, 1.54) is 23.5 Å². The van der Waals surface area contributed by atoms with E-state index in [-0.39, 0.29) is 12.1 Å². The van der Waals surface area contributed by atoms with Gasteiger partial charge in [0, 0.05) is 10.4 Å². The van der Waals surface area contributed by atoms with Crippen LogP contribution in [0.15, 0.2) is 30.3 Å². The van der Waals surface area contributed by atoms with Gasteiger partial charge in [0.25, 0.3) is 5.91 Å². The van der Waals surface area contributed by atoms with E-state index in [1.807, 2.05) is 0 Å². The summed E-state index contributed by atoms with van der Waals surface area (Å²) in [4.78, 5) is 26.2. The van der Waals surface area contributed by atoms with Gasteiger partial charge in [-0.2, -0.15) is 0 Å². The van der Waals surface area contributed by atoms with E-state index in [1.54, 1.807) is 19.1 Å². The van der Waals surface area contributed by atoms with E-state index in [2.05, 4.69) is 5.32 Å². The lowest BCUT2D eigenvalue weighted by molar-refractivity contribution is -0.131. The number of imide groups is 1. The van der Waals surface area contributed by atoms with E-state index in [0.29, 0.717) is 9.21 Å². The molecule has 2 aromatic rings. The van der Waals surface area contributed by atoms with Crippen molar-refractivity contribution in [2.24, 2.45) is 0 Å². The van der Waals surface area contributed by atoms with Crippen LogP contribution in [0.4, 0.5) is 13.6 Å². The third-order valence-electron chi connectivity index (χ3n) is 3.70. The summed E-state index contributed by atoms with van der Waals surface area (Å²) in [7, 11) is 0. The summed E-state index contributed by atoms with van der Waals surface area (Å²) in [6.45, 7) is 1.21. The lowest BCUT2D eigenvalue weighted by Crippen LogP contribution is -2.40. The van der Waals surface area contributed by atoms with Crippen molar-refractivity contribution in [1.29, 1.82) is 0 Å². The maximum Gasteiger partial charge on any atom is 0.325 e. The summed E-state index contributed by atoms with van der Waals surface area (Å²) in [5, 5.41) is 2.59. The van der Waals surface area contributed by atoms with Crippen LogP contribution < -0.4 is 5.32 Å². The number of carbonyl (C=O) groups is 2.